The molecule has 3 aromatic rings. The molecule has 7 nitrogen and oxygen atoms in total. The molecule has 1 amide bonds. The topological polar surface area (TPSA) is 78.3 Å². The van der Waals surface area contributed by atoms with E-state index in [9.17, 15) is 4.79 Å². The first kappa shape index (κ1) is 24.1. The van der Waals surface area contributed by atoms with Crippen LogP contribution >= 0.6 is 11.8 Å². The quantitative estimate of drug-likeness (QED) is 0.428. The Labute approximate surface area is 205 Å². The molecule has 1 aliphatic rings. The molecule has 0 unspecified atom stereocenters. The summed E-state index contributed by atoms with van der Waals surface area (Å²) in [5.41, 5.74) is 1.72. The molecule has 2 aromatic carbocycles. The first-order valence-corrected chi connectivity index (χ1v) is 12.8. The van der Waals surface area contributed by atoms with Crippen LogP contribution in [0.15, 0.2) is 53.7 Å². The predicted octanol–water partition coefficient (Wildman–Crippen LogP) is 5.13. The normalized spacial score (nSPS) is 17.9. The lowest BCUT2D eigenvalue weighted by atomic mass is 9.86. The average Bonchev–Trinajstić information content (AvgIpc) is 3.28. The van der Waals surface area contributed by atoms with E-state index in [1.807, 2.05) is 60.0 Å². The van der Waals surface area contributed by atoms with Crippen molar-refractivity contribution in [2.75, 3.05) is 19.5 Å². The van der Waals surface area contributed by atoms with Crippen LogP contribution in [-0.2, 0) is 4.79 Å². The molecule has 2 atom stereocenters. The number of amides is 1. The van der Waals surface area contributed by atoms with Crippen molar-refractivity contribution < 1.29 is 14.3 Å². The summed E-state index contributed by atoms with van der Waals surface area (Å²) >= 11 is 1.39. The molecule has 0 aliphatic heterocycles. The minimum atomic E-state index is 0.0313. The van der Waals surface area contributed by atoms with Crippen molar-refractivity contribution in [2.45, 2.75) is 50.7 Å². The number of nitrogens with zero attached hydrogens (tertiary/aromatic N) is 3. The molecule has 1 fully saturated rings. The van der Waals surface area contributed by atoms with Crippen molar-refractivity contribution in [1.82, 2.24) is 20.1 Å². The van der Waals surface area contributed by atoms with Gasteiger partial charge in [-0.25, -0.2) is 0 Å². The van der Waals surface area contributed by atoms with Crippen LogP contribution in [-0.4, -0.2) is 46.2 Å². The van der Waals surface area contributed by atoms with Gasteiger partial charge in [0.1, 0.15) is 11.5 Å². The lowest BCUT2D eigenvalue weighted by Gasteiger charge is -2.29. The van der Waals surface area contributed by atoms with Gasteiger partial charge in [-0.05, 0) is 62.1 Å². The highest BCUT2D eigenvalue weighted by Gasteiger charge is 2.24. The Balaban J connectivity index is 1.60. The van der Waals surface area contributed by atoms with Crippen LogP contribution in [0.4, 0.5) is 0 Å². The number of aromatic nitrogens is 3. The molecule has 1 saturated carbocycles. The van der Waals surface area contributed by atoms with Gasteiger partial charge >= 0.3 is 0 Å². The van der Waals surface area contributed by atoms with Gasteiger partial charge in [0.25, 0.3) is 0 Å². The number of para-hydroxylation sites is 1. The predicted molar refractivity (Wildman–Crippen MR) is 135 cm³/mol. The van der Waals surface area contributed by atoms with E-state index in [2.05, 4.69) is 22.4 Å². The number of benzene rings is 2. The van der Waals surface area contributed by atoms with Crippen LogP contribution in [0.1, 0.15) is 39.5 Å². The maximum absolute atomic E-state index is 12.7. The number of ether oxygens (including phenoxy) is 2. The molecule has 0 saturated heterocycles. The van der Waals surface area contributed by atoms with E-state index in [1.54, 1.807) is 7.11 Å². The third-order valence-corrected chi connectivity index (χ3v) is 7.11. The fourth-order valence-corrected chi connectivity index (χ4v) is 5.13. The second kappa shape index (κ2) is 11.4. The van der Waals surface area contributed by atoms with Crippen LogP contribution < -0.4 is 14.8 Å². The van der Waals surface area contributed by atoms with Gasteiger partial charge < -0.3 is 14.8 Å². The van der Waals surface area contributed by atoms with Gasteiger partial charge in [0.05, 0.1) is 30.7 Å². The zero-order chi connectivity index (χ0) is 23.9. The largest absolute Gasteiger partial charge is 0.496 e. The number of hydrogen-bond acceptors (Lipinski definition) is 6. The first-order valence-electron chi connectivity index (χ1n) is 11.8. The van der Waals surface area contributed by atoms with Crippen molar-refractivity contribution in [3.05, 3.63) is 48.5 Å². The van der Waals surface area contributed by atoms with Crippen LogP contribution in [0.25, 0.3) is 17.1 Å². The van der Waals surface area contributed by atoms with E-state index in [0.717, 1.165) is 23.4 Å². The standard InChI is InChI=1S/C26H32N4O3S/c1-4-33-20-15-13-19(14-16-20)30-25(21-10-6-8-12-23(21)32-3)28-29-26(30)34-17-24(31)27-22-11-7-5-9-18(22)2/h6,8,10,12-16,18,22H,4-5,7,9,11,17H2,1-3H3,(H,27,31)/t18-,22+/m1/s1. The van der Waals surface area contributed by atoms with E-state index >= 15 is 0 Å². The van der Waals surface area contributed by atoms with Gasteiger partial charge in [-0.15, -0.1) is 10.2 Å². The maximum atomic E-state index is 12.7. The number of carbonyl (C=O) groups is 1. The molecule has 1 N–H and O–H groups in total. The summed E-state index contributed by atoms with van der Waals surface area (Å²) < 4.78 is 13.1. The zero-order valence-electron chi connectivity index (χ0n) is 20.0. The fraction of sp³-hybridized carbons (Fsp3) is 0.423. The summed E-state index contributed by atoms with van der Waals surface area (Å²) in [6, 6.07) is 15.8. The number of rotatable bonds is 9. The Morgan fingerprint density at radius 2 is 1.88 bits per heavy atom. The Kier molecular flexibility index (Phi) is 8.11. The van der Waals surface area contributed by atoms with Crippen molar-refractivity contribution in [2.24, 2.45) is 5.92 Å². The lowest BCUT2D eigenvalue weighted by Crippen LogP contribution is -2.41. The lowest BCUT2D eigenvalue weighted by molar-refractivity contribution is -0.119. The highest BCUT2D eigenvalue weighted by atomic mass is 32.2. The highest BCUT2D eigenvalue weighted by Crippen LogP contribution is 2.33. The number of nitrogens with one attached hydrogen (secondary N) is 1. The second-order valence-electron chi connectivity index (χ2n) is 8.49. The van der Waals surface area contributed by atoms with Gasteiger partial charge in [-0.3, -0.25) is 9.36 Å². The van der Waals surface area contributed by atoms with Crippen LogP contribution in [0.5, 0.6) is 11.5 Å². The summed E-state index contributed by atoms with van der Waals surface area (Å²) in [4.78, 5) is 12.7. The number of methoxy groups -OCH3 is 1. The Morgan fingerprint density at radius 1 is 1.12 bits per heavy atom. The highest BCUT2D eigenvalue weighted by molar-refractivity contribution is 7.99. The molecular formula is C26H32N4O3S. The Hall–Kier alpha value is -3.00. The third-order valence-electron chi connectivity index (χ3n) is 6.18. The van der Waals surface area contributed by atoms with Crippen LogP contribution in [0.2, 0.25) is 0 Å². The summed E-state index contributed by atoms with van der Waals surface area (Å²) in [5, 5.41) is 12.8. The SMILES string of the molecule is CCOc1ccc(-n2c(SCC(=O)N[C@H]3CCCC[C@H]3C)nnc2-c2ccccc2OC)cc1. The van der Waals surface area contributed by atoms with Crippen molar-refractivity contribution in [3.63, 3.8) is 0 Å². The molecule has 34 heavy (non-hydrogen) atoms. The van der Waals surface area contributed by atoms with E-state index < -0.39 is 0 Å². The van der Waals surface area contributed by atoms with Gasteiger partial charge in [0.15, 0.2) is 11.0 Å². The summed E-state index contributed by atoms with van der Waals surface area (Å²) in [7, 11) is 1.64. The molecule has 4 rings (SSSR count). The van der Waals surface area contributed by atoms with E-state index in [4.69, 9.17) is 9.47 Å². The molecule has 1 aromatic heterocycles. The molecular weight excluding hydrogens is 448 g/mol. The van der Waals surface area contributed by atoms with Crippen molar-refractivity contribution >= 4 is 17.7 Å². The Bertz CT molecular complexity index is 1100. The second-order valence-corrected chi connectivity index (χ2v) is 9.44. The molecule has 8 heteroatoms. The van der Waals surface area contributed by atoms with Gasteiger partial charge in [0, 0.05) is 6.04 Å². The molecule has 0 radical (unpaired) electrons. The first-order chi connectivity index (χ1) is 16.6. The van der Waals surface area contributed by atoms with E-state index in [-0.39, 0.29) is 17.7 Å². The summed E-state index contributed by atoms with van der Waals surface area (Å²) in [6.45, 7) is 4.79. The van der Waals surface area contributed by atoms with Crippen molar-refractivity contribution in [1.29, 1.82) is 0 Å². The van der Waals surface area contributed by atoms with Gasteiger partial charge in [0.2, 0.25) is 5.91 Å². The van der Waals surface area contributed by atoms with Gasteiger partial charge in [-0.2, -0.15) is 0 Å². The average molecular weight is 481 g/mol. The van der Waals surface area contributed by atoms with Crippen molar-refractivity contribution in [3.8, 4) is 28.6 Å². The minimum Gasteiger partial charge on any atom is -0.496 e. The molecule has 0 bridgehead atoms. The minimum absolute atomic E-state index is 0.0313. The third kappa shape index (κ3) is 5.55. The van der Waals surface area contributed by atoms with E-state index in [1.165, 1.54) is 31.0 Å². The summed E-state index contributed by atoms with van der Waals surface area (Å²) in [6.07, 6.45) is 4.65. The molecule has 1 aliphatic carbocycles. The van der Waals surface area contributed by atoms with E-state index in [0.29, 0.717) is 29.3 Å². The molecule has 180 valence electrons. The number of thioether (sulfide) groups is 1. The smallest absolute Gasteiger partial charge is 0.230 e. The van der Waals surface area contributed by atoms with Crippen LogP contribution in [0, 0.1) is 5.92 Å². The number of hydrogen-bond donors (Lipinski definition) is 1. The molecule has 1 heterocycles. The monoisotopic (exact) mass is 480 g/mol. The number of carbonyl (C=O) groups excluding carboxylic acids is 1. The maximum Gasteiger partial charge on any atom is 0.230 e. The fourth-order valence-electron chi connectivity index (χ4n) is 4.37. The summed E-state index contributed by atoms with van der Waals surface area (Å²) in [5.74, 6) is 3.00. The Morgan fingerprint density at radius 3 is 2.62 bits per heavy atom. The van der Waals surface area contributed by atoms with Crippen LogP contribution in [0.3, 0.4) is 0 Å². The zero-order valence-corrected chi connectivity index (χ0v) is 20.8. The van der Waals surface area contributed by atoms with Gasteiger partial charge in [-0.1, -0.05) is 43.7 Å². The molecule has 0 spiro atoms.